The van der Waals surface area contributed by atoms with E-state index in [0.717, 1.165) is 36.3 Å². The third kappa shape index (κ3) is 4.71. The molecule has 2 N–H and O–H groups in total. The quantitative estimate of drug-likeness (QED) is 0.751. The third-order valence-corrected chi connectivity index (χ3v) is 4.83. The summed E-state index contributed by atoms with van der Waals surface area (Å²) in [6.07, 6.45) is 1.98. The molecule has 0 spiro atoms. The van der Waals surface area contributed by atoms with Crippen LogP contribution in [0.4, 0.5) is 5.69 Å². The zero-order valence-electron chi connectivity index (χ0n) is 15.6. The number of aromatic nitrogens is 2. The molecule has 1 saturated carbocycles. The van der Waals surface area contributed by atoms with Gasteiger partial charge in [-0.15, -0.1) is 0 Å². The van der Waals surface area contributed by atoms with E-state index in [1.807, 2.05) is 49.7 Å². The number of nitrogens with one attached hydrogen (secondary N) is 2. The van der Waals surface area contributed by atoms with E-state index in [4.69, 9.17) is 0 Å². The second-order valence-corrected chi connectivity index (χ2v) is 7.46. The molecule has 1 aliphatic carbocycles. The Balaban J connectivity index is 1.46. The number of hydrogen-bond donors (Lipinski definition) is 2. The lowest BCUT2D eigenvalue weighted by Crippen LogP contribution is -2.34. The second-order valence-electron chi connectivity index (χ2n) is 7.46. The molecule has 3 rings (SSSR count). The van der Waals surface area contributed by atoms with Gasteiger partial charge in [-0.25, -0.2) is 0 Å². The Morgan fingerprint density at radius 1 is 1.15 bits per heavy atom. The van der Waals surface area contributed by atoms with Crippen LogP contribution in [0.5, 0.6) is 0 Å². The maximum absolute atomic E-state index is 12.1. The van der Waals surface area contributed by atoms with E-state index < -0.39 is 0 Å². The first kappa shape index (κ1) is 18.2. The number of hydrogen-bond acceptors (Lipinski definition) is 3. The maximum atomic E-state index is 12.1. The van der Waals surface area contributed by atoms with Crippen molar-refractivity contribution in [3.63, 3.8) is 0 Å². The molecule has 0 aliphatic heterocycles. The zero-order valence-corrected chi connectivity index (χ0v) is 15.6. The molecule has 2 amide bonds. The minimum absolute atomic E-state index is 0.0753. The van der Waals surface area contributed by atoms with E-state index in [2.05, 4.69) is 21.8 Å². The Bertz CT molecular complexity index is 821. The van der Waals surface area contributed by atoms with Gasteiger partial charge in [-0.1, -0.05) is 12.1 Å². The number of rotatable bonds is 7. The Morgan fingerprint density at radius 2 is 1.92 bits per heavy atom. The van der Waals surface area contributed by atoms with Gasteiger partial charge in [-0.3, -0.25) is 14.3 Å². The summed E-state index contributed by atoms with van der Waals surface area (Å²) < 4.78 is 2.01. The van der Waals surface area contributed by atoms with Crippen molar-refractivity contribution in [3.8, 4) is 0 Å². The van der Waals surface area contributed by atoms with Crippen molar-refractivity contribution in [3.05, 3.63) is 47.3 Å². The van der Waals surface area contributed by atoms with Gasteiger partial charge in [-0.2, -0.15) is 5.10 Å². The highest BCUT2D eigenvalue weighted by Gasteiger charge is 2.43. The van der Waals surface area contributed by atoms with Crippen LogP contribution in [0.1, 0.15) is 36.2 Å². The molecule has 1 aromatic heterocycles. The van der Waals surface area contributed by atoms with E-state index in [1.165, 1.54) is 0 Å². The molecular weight excluding hydrogens is 328 g/mol. The van der Waals surface area contributed by atoms with Crippen LogP contribution in [-0.2, 0) is 16.1 Å². The Hall–Kier alpha value is -2.63. The molecule has 0 saturated heterocycles. The fraction of sp³-hybridized carbons (Fsp3) is 0.450. The predicted octanol–water partition coefficient (Wildman–Crippen LogP) is 2.73. The summed E-state index contributed by atoms with van der Waals surface area (Å²) in [4.78, 5) is 24.1. The van der Waals surface area contributed by atoms with E-state index >= 15 is 0 Å². The molecule has 6 heteroatoms. The van der Waals surface area contributed by atoms with E-state index in [0.29, 0.717) is 12.2 Å². The molecule has 0 unspecified atom stereocenters. The molecule has 138 valence electrons. The summed E-state index contributed by atoms with van der Waals surface area (Å²) in [7, 11) is 0. The highest BCUT2D eigenvalue weighted by molar-refractivity contribution is 6.03. The number of carbonyl (C=O) groups is 2. The van der Waals surface area contributed by atoms with E-state index in [-0.39, 0.29) is 23.7 Å². The number of amides is 2. The van der Waals surface area contributed by atoms with Crippen LogP contribution in [0, 0.1) is 26.2 Å². The highest BCUT2D eigenvalue weighted by Crippen LogP contribution is 2.46. The van der Waals surface area contributed by atoms with Gasteiger partial charge in [0, 0.05) is 29.9 Å². The minimum Gasteiger partial charge on any atom is -0.355 e. The van der Waals surface area contributed by atoms with Crippen molar-refractivity contribution in [1.29, 1.82) is 0 Å². The van der Waals surface area contributed by atoms with Gasteiger partial charge >= 0.3 is 0 Å². The van der Waals surface area contributed by atoms with Crippen molar-refractivity contribution < 1.29 is 9.59 Å². The van der Waals surface area contributed by atoms with Crippen molar-refractivity contribution in [1.82, 2.24) is 15.1 Å². The molecule has 1 heterocycles. The summed E-state index contributed by atoms with van der Waals surface area (Å²) in [5, 5.41) is 10.2. The lowest BCUT2D eigenvalue weighted by Gasteiger charge is -2.17. The van der Waals surface area contributed by atoms with Gasteiger partial charge < -0.3 is 10.6 Å². The van der Waals surface area contributed by atoms with Gasteiger partial charge in [0.15, 0.2) is 0 Å². The Labute approximate surface area is 154 Å². The van der Waals surface area contributed by atoms with Crippen LogP contribution in [0.3, 0.4) is 0 Å². The van der Waals surface area contributed by atoms with Crippen molar-refractivity contribution in [2.45, 2.75) is 46.6 Å². The van der Waals surface area contributed by atoms with Crippen molar-refractivity contribution in [2.24, 2.45) is 5.41 Å². The first-order valence-corrected chi connectivity index (χ1v) is 9.00. The first-order chi connectivity index (χ1) is 12.3. The average Bonchev–Trinajstić information content (AvgIpc) is 3.24. The molecular formula is C20H26N4O2. The normalized spacial score (nSPS) is 14.7. The van der Waals surface area contributed by atoms with Crippen LogP contribution in [0.15, 0.2) is 30.3 Å². The van der Waals surface area contributed by atoms with Crippen LogP contribution in [0.2, 0.25) is 0 Å². The van der Waals surface area contributed by atoms with Crippen molar-refractivity contribution in [2.75, 3.05) is 11.9 Å². The van der Waals surface area contributed by atoms with Gasteiger partial charge in [0.2, 0.25) is 11.8 Å². The Kier molecular flexibility index (Phi) is 5.11. The largest absolute Gasteiger partial charge is 0.355 e. The summed E-state index contributed by atoms with van der Waals surface area (Å²) in [6.45, 7) is 7.38. The summed E-state index contributed by atoms with van der Waals surface area (Å²) in [6, 6.07) is 9.59. The molecule has 1 aliphatic rings. The number of anilines is 1. The second kappa shape index (κ2) is 7.32. The first-order valence-electron chi connectivity index (χ1n) is 9.00. The lowest BCUT2D eigenvalue weighted by molar-refractivity contribution is -0.127. The molecule has 0 radical (unpaired) electrons. The van der Waals surface area contributed by atoms with E-state index in [9.17, 15) is 9.59 Å². The average molecular weight is 354 g/mol. The van der Waals surface area contributed by atoms with Crippen LogP contribution >= 0.6 is 0 Å². The van der Waals surface area contributed by atoms with Crippen molar-refractivity contribution >= 4 is 17.5 Å². The standard InChI is InChI=1S/C20H26N4O2/c1-14-5-4-6-17(9-14)22-19(26)11-18(25)21-12-20(7-8-20)13-24-16(3)10-15(2)23-24/h4-6,9-10H,7-8,11-13H2,1-3H3,(H,21,25)(H,22,26). The molecule has 0 bridgehead atoms. The Morgan fingerprint density at radius 3 is 2.54 bits per heavy atom. The summed E-state index contributed by atoms with van der Waals surface area (Å²) in [5.41, 5.74) is 4.00. The molecule has 2 aromatic rings. The predicted molar refractivity (Wildman–Crippen MR) is 101 cm³/mol. The molecule has 1 aromatic carbocycles. The number of aryl methyl sites for hydroxylation is 3. The topological polar surface area (TPSA) is 76.0 Å². The van der Waals surface area contributed by atoms with Crippen LogP contribution < -0.4 is 10.6 Å². The fourth-order valence-electron chi connectivity index (χ4n) is 3.14. The monoisotopic (exact) mass is 354 g/mol. The SMILES string of the molecule is Cc1cccc(NC(=O)CC(=O)NCC2(Cn3nc(C)cc3C)CC2)c1. The number of nitrogens with zero attached hydrogens (tertiary/aromatic N) is 2. The van der Waals surface area contributed by atoms with Gasteiger partial charge in [-0.05, 0) is 57.4 Å². The van der Waals surface area contributed by atoms with Gasteiger partial charge in [0.05, 0.1) is 5.69 Å². The van der Waals surface area contributed by atoms with Crippen LogP contribution in [0.25, 0.3) is 0 Å². The zero-order chi connectivity index (χ0) is 18.7. The molecule has 0 atom stereocenters. The fourth-order valence-corrected chi connectivity index (χ4v) is 3.14. The lowest BCUT2D eigenvalue weighted by atomic mass is 10.1. The number of carbonyl (C=O) groups excluding carboxylic acids is 2. The molecule has 6 nitrogen and oxygen atoms in total. The minimum atomic E-state index is -0.295. The molecule has 1 fully saturated rings. The summed E-state index contributed by atoms with van der Waals surface area (Å²) >= 11 is 0. The van der Waals surface area contributed by atoms with Gasteiger partial charge in [0.1, 0.15) is 6.42 Å². The summed E-state index contributed by atoms with van der Waals surface area (Å²) in [5.74, 6) is -0.536. The maximum Gasteiger partial charge on any atom is 0.233 e. The molecule has 26 heavy (non-hydrogen) atoms. The third-order valence-electron chi connectivity index (χ3n) is 4.83. The highest BCUT2D eigenvalue weighted by atomic mass is 16.2. The number of benzene rings is 1. The van der Waals surface area contributed by atoms with Gasteiger partial charge in [0.25, 0.3) is 0 Å². The smallest absolute Gasteiger partial charge is 0.233 e. The van der Waals surface area contributed by atoms with Crippen LogP contribution in [-0.4, -0.2) is 28.1 Å². The van der Waals surface area contributed by atoms with E-state index in [1.54, 1.807) is 0 Å².